The molecule has 2 aromatic rings. The Hall–Kier alpha value is -2.21. The summed E-state index contributed by atoms with van der Waals surface area (Å²) in [6.45, 7) is 0. The lowest BCUT2D eigenvalue weighted by Crippen LogP contribution is -2.12. The zero-order valence-electron chi connectivity index (χ0n) is 10.2. The monoisotopic (exact) mass is 276 g/mol. The van der Waals surface area contributed by atoms with Crippen molar-refractivity contribution in [2.75, 3.05) is 11.6 Å². The maximum absolute atomic E-state index is 11.8. The Bertz CT molecular complexity index is 680. The lowest BCUT2D eigenvalue weighted by molar-refractivity contribution is 0.102. The van der Waals surface area contributed by atoms with E-state index in [1.807, 2.05) is 0 Å². The van der Waals surface area contributed by atoms with Gasteiger partial charge in [-0.25, -0.2) is 8.42 Å². The molecule has 0 spiro atoms. The van der Waals surface area contributed by atoms with Crippen LogP contribution >= 0.6 is 0 Å². The molecule has 0 unspecified atom stereocenters. The van der Waals surface area contributed by atoms with Gasteiger partial charge in [0, 0.05) is 24.3 Å². The highest BCUT2D eigenvalue weighted by molar-refractivity contribution is 7.90. The molecule has 0 aliphatic heterocycles. The van der Waals surface area contributed by atoms with Gasteiger partial charge in [0.05, 0.1) is 10.5 Å². The van der Waals surface area contributed by atoms with Crippen LogP contribution in [0.1, 0.15) is 10.4 Å². The first-order valence-electron chi connectivity index (χ1n) is 5.48. The number of nitrogens with zero attached hydrogens (tertiary/aromatic N) is 1. The van der Waals surface area contributed by atoms with Crippen LogP contribution in [-0.2, 0) is 9.84 Å². The van der Waals surface area contributed by atoms with Crippen molar-refractivity contribution >= 4 is 21.4 Å². The number of carbonyl (C=O) groups is 1. The molecule has 0 saturated carbocycles. The summed E-state index contributed by atoms with van der Waals surface area (Å²) >= 11 is 0. The van der Waals surface area contributed by atoms with E-state index in [0.717, 1.165) is 6.26 Å². The molecule has 0 radical (unpaired) electrons. The molecule has 19 heavy (non-hydrogen) atoms. The lowest BCUT2D eigenvalue weighted by Gasteiger charge is -2.05. The van der Waals surface area contributed by atoms with E-state index in [2.05, 4.69) is 10.3 Å². The first kappa shape index (κ1) is 13.2. The predicted octanol–water partition coefficient (Wildman–Crippen LogP) is 1.74. The fourth-order valence-corrected chi connectivity index (χ4v) is 2.12. The SMILES string of the molecule is CS(=O)(=O)c1ccc(NC(=O)c2cccnc2)cc1. The normalized spacial score (nSPS) is 11.0. The highest BCUT2D eigenvalue weighted by atomic mass is 32.2. The molecule has 1 amide bonds. The van der Waals surface area contributed by atoms with Gasteiger partial charge in [0.25, 0.3) is 5.91 Å². The fourth-order valence-electron chi connectivity index (χ4n) is 1.49. The number of amides is 1. The van der Waals surface area contributed by atoms with E-state index in [-0.39, 0.29) is 10.8 Å². The third-order valence-electron chi connectivity index (χ3n) is 2.46. The Kier molecular flexibility index (Phi) is 3.62. The van der Waals surface area contributed by atoms with Crippen molar-refractivity contribution in [3.05, 3.63) is 54.4 Å². The van der Waals surface area contributed by atoms with Gasteiger partial charge in [-0.15, -0.1) is 0 Å². The summed E-state index contributed by atoms with van der Waals surface area (Å²) in [6.07, 6.45) is 4.17. The van der Waals surface area contributed by atoms with E-state index in [1.165, 1.54) is 18.3 Å². The van der Waals surface area contributed by atoms with Crippen LogP contribution in [0.15, 0.2) is 53.7 Å². The quantitative estimate of drug-likeness (QED) is 0.926. The Balaban J connectivity index is 2.15. The van der Waals surface area contributed by atoms with Crippen LogP contribution in [0.5, 0.6) is 0 Å². The molecule has 1 aromatic heterocycles. The minimum atomic E-state index is -3.22. The molecule has 5 nitrogen and oxygen atoms in total. The summed E-state index contributed by atoms with van der Waals surface area (Å²) in [5, 5.41) is 2.66. The van der Waals surface area contributed by atoms with Crippen molar-refractivity contribution in [3.8, 4) is 0 Å². The van der Waals surface area contributed by atoms with Gasteiger partial charge in [0.1, 0.15) is 0 Å². The number of aromatic nitrogens is 1. The first-order valence-corrected chi connectivity index (χ1v) is 7.37. The first-order chi connectivity index (χ1) is 8.97. The number of hydrogen-bond donors (Lipinski definition) is 1. The number of anilines is 1. The standard InChI is InChI=1S/C13H12N2O3S/c1-19(17,18)12-6-4-11(5-7-12)15-13(16)10-3-2-8-14-9-10/h2-9H,1H3,(H,15,16). The highest BCUT2D eigenvalue weighted by Crippen LogP contribution is 2.14. The van der Waals surface area contributed by atoms with Gasteiger partial charge in [-0.05, 0) is 36.4 Å². The molecule has 98 valence electrons. The average molecular weight is 276 g/mol. The van der Waals surface area contributed by atoms with Gasteiger partial charge in [-0.1, -0.05) is 0 Å². The van der Waals surface area contributed by atoms with Gasteiger partial charge < -0.3 is 5.32 Å². The third-order valence-corrected chi connectivity index (χ3v) is 3.59. The van der Waals surface area contributed by atoms with Gasteiger partial charge in [-0.2, -0.15) is 0 Å². The smallest absolute Gasteiger partial charge is 0.257 e. The second kappa shape index (κ2) is 5.19. The molecular formula is C13H12N2O3S. The summed E-state index contributed by atoms with van der Waals surface area (Å²) < 4.78 is 22.6. The van der Waals surface area contributed by atoms with E-state index in [9.17, 15) is 13.2 Å². The number of sulfone groups is 1. The van der Waals surface area contributed by atoms with Crippen LogP contribution in [-0.4, -0.2) is 25.6 Å². The number of carbonyl (C=O) groups excluding carboxylic acids is 1. The fraction of sp³-hybridized carbons (Fsp3) is 0.0769. The number of hydrogen-bond acceptors (Lipinski definition) is 4. The highest BCUT2D eigenvalue weighted by Gasteiger charge is 2.08. The van der Waals surface area contributed by atoms with Crippen molar-refractivity contribution < 1.29 is 13.2 Å². The number of rotatable bonds is 3. The summed E-state index contributed by atoms with van der Waals surface area (Å²) in [6, 6.07) is 9.31. The maximum Gasteiger partial charge on any atom is 0.257 e. The second-order valence-electron chi connectivity index (χ2n) is 3.99. The van der Waals surface area contributed by atoms with E-state index >= 15 is 0 Å². The molecule has 0 fully saturated rings. The summed E-state index contributed by atoms with van der Waals surface area (Å²) in [4.78, 5) is 15.9. The molecule has 2 rings (SSSR count). The molecule has 0 aliphatic rings. The third kappa shape index (κ3) is 3.38. The molecule has 0 saturated heterocycles. The molecule has 1 aromatic carbocycles. The van der Waals surface area contributed by atoms with Gasteiger partial charge in [0.15, 0.2) is 9.84 Å². The topological polar surface area (TPSA) is 76.1 Å². The Labute approximate surface area is 111 Å². The average Bonchev–Trinajstić information content (AvgIpc) is 2.39. The minimum Gasteiger partial charge on any atom is -0.322 e. The second-order valence-corrected chi connectivity index (χ2v) is 6.01. The van der Waals surface area contributed by atoms with Crippen LogP contribution < -0.4 is 5.32 Å². The number of benzene rings is 1. The molecule has 1 N–H and O–H groups in total. The molecular weight excluding hydrogens is 264 g/mol. The van der Waals surface area contributed by atoms with E-state index in [1.54, 1.807) is 30.5 Å². The predicted molar refractivity (Wildman–Crippen MR) is 71.7 cm³/mol. The maximum atomic E-state index is 11.8. The van der Waals surface area contributed by atoms with Crippen LogP contribution in [0.2, 0.25) is 0 Å². The number of nitrogens with one attached hydrogen (secondary N) is 1. The van der Waals surface area contributed by atoms with Gasteiger partial charge in [0.2, 0.25) is 0 Å². The minimum absolute atomic E-state index is 0.215. The van der Waals surface area contributed by atoms with E-state index in [4.69, 9.17) is 0 Å². The zero-order chi connectivity index (χ0) is 13.9. The largest absolute Gasteiger partial charge is 0.322 e. The summed E-state index contributed by atoms with van der Waals surface area (Å²) in [5.74, 6) is -0.291. The van der Waals surface area contributed by atoms with E-state index < -0.39 is 9.84 Å². The van der Waals surface area contributed by atoms with Gasteiger partial charge in [-0.3, -0.25) is 9.78 Å². The molecule has 0 aliphatic carbocycles. The summed E-state index contributed by atoms with van der Waals surface area (Å²) in [5.41, 5.74) is 0.968. The van der Waals surface area contributed by atoms with Crippen molar-refractivity contribution in [2.45, 2.75) is 4.90 Å². The van der Waals surface area contributed by atoms with E-state index in [0.29, 0.717) is 11.3 Å². The van der Waals surface area contributed by atoms with Crippen molar-refractivity contribution in [1.29, 1.82) is 0 Å². The molecule has 6 heteroatoms. The van der Waals surface area contributed by atoms with Crippen molar-refractivity contribution in [3.63, 3.8) is 0 Å². The van der Waals surface area contributed by atoms with Gasteiger partial charge >= 0.3 is 0 Å². The zero-order valence-corrected chi connectivity index (χ0v) is 11.0. The lowest BCUT2D eigenvalue weighted by atomic mass is 10.2. The molecule has 1 heterocycles. The Morgan fingerprint density at radius 2 is 1.84 bits per heavy atom. The Morgan fingerprint density at radius 3 is 2.37 bits per heavy atom. The Morgan fingerprint density at radius 1 is 1.16 bits per heavy atom. The molecule has 0 bridgehead atoms. The van der Waals surface area contributed by atoms with Crippen LogP contribution in [0, 0.1) is 0 Å². The van der Waals surface area contributed by atoms with Crippen molar-refractivity contribution in [2.24, 2.45) is 0 Å². The van der Waals surface area contributed by atoms with Crippen LogP contribution in [0.25, 0.3) is 0 Å². The molecule has 0 atom stereocenters. The number of pyridine rings is 1. The van der Waals surface area contributed by atoms with Crippen LogP contribution in [0.3, 0.4) is 0 Å². The van der Waals surface area contributed by atoms with Crippen molar-refractivity contribution in [1.82, 2.24) is 4.98 Å². The van der Waals surface area contributed by atoms with Crippen LogP contribution in [0.4, 0.5) is 5.69 Å². The summed E-state index contributed by atoms with van der Waals surface area (Å²) in [7, 11) is -3.22.